The second kappa shape index (κ2) is 20.1. The van der Waals surface area contributed by atoms with Crippen molar-refractivity contribution in [3.8, 4) is 0 Å². The molecule has 8 nitrogen and oxygen atoms in total. The Morgan fingerprint density at radius 2 is 1.55 bits per heavy atom. The van der Waals surface area contributed by atoms with E-state index >= 15 is 0 Å². The first-order chi connectivity index (χ1) is 19.1. The van der Waals surface area contributed by atoms with E-state index in [0.717, 1.165) is 57.0 Å². The van der Waals surface area contributed by atoms with Crippen LogP contribution in [0.4, 0.5) is 0 Å². The lowest BCUT2D eigenvalue weighted by atomic mass is 10.0. The summed E-state index contributed by atoms with van der Waals surface area (Å²) < 4.78 is 0. The van der Waals surface area contributed by atoms with Crippen molar-refractivity contribution in [1.82, 2.24) is 25.4 Å². The third-order valence-corrected chi connectivity index (χ3v) is 6.56. The largest absolute Gasteiger partial charge is 0.392 e. The lowest BCUT2D eigenvalue weighted by Crippen LogP contribution is -2.49. The lowest BCUT2D eigenvalue weighted by molar-refractivity contribution is -0.111. The van der Waals surface area contributed by atoms with Gasteiger partial charge in [-0.15, -0.1) is 0 Å². The van der Waals surface area contributed by atoms with Crippen molar-refractivity contribution in [2.45, 2.75) is 85.0 Å². The third-order valence-electron chi connectivity index (χ3n) is 6.56. The molecule has 1 aliphatic rings. The molecule has 1 fully saturated rings. The number of rotatable bonds is 12. The number of aliphatic hydroxyl groups is 1. The van der Waals surface area contributed by atoms with Gasteiger partial charge in [0.1, 0.15) is 0 Å². The van der Waals surface area contributed by atoms with E-state index in [-0.39, 0.29) is 11.6 Å². The molecule has 2 atom stereocenters. The Balaban J connectivity index is 0.000000559. The molecule has 2 unspecified atom stereocenters. The SMILES string of the molecule is CC(C)(C)NC=O.CCC(C)C.O=CNC(Cc1ccccc1)CC(O)CN1CCN(Cc2cccnc2)CC1. The summed E-state index contributed by atoms with van der Waals surface area (Å²) in [4.78, 5) is 29.6. The maximum Gasteiger partial charge on any atom is 0.207 e. The highest BCUT2D eigenvalue weighted by atomic mass is 16.3. The van der Waals surface area contributed by atoms with Crippen molar-refractivity contribution in [2.75, 3.05) is 32.7 Å². The van der Waals surface area contributed by atoms with Crippen molar-refractivity contribution in [1.29, 1.82) is 0 Å². The van der Waals surface area contributed by atoms with E-state index in [1.165, 1.54) is 12.0 Å². The highest BCUT2D eigenvalue weighted by Crippen LogP contribution is 2.12. The van der Waals surface area contributed by atoms with Crippen molar-refractivity contribution in [3.05, 3.63) is 66.0 Å². The van der Waals surface area contributed by atoms with E-state index in [2.05, 4.69) is 52.3 Å². The van der Waals surface area contributed by atoms with Gasteiger partial charge in [0.2, 0.25) is 12.8 Å². The van der Waals surface area contributed by atoms with Crippen LogP contribution in [0.3, 0.4) is 0 Å². The molecular formula is C32H53N5O3. The number of nitrogens with zero attached hydrogens (tertiary/aromatic N) is 3. The minimum atomic E-state index is -0.453. The normalized spacial score (nSPS) is 15.5. The van der Waals surface area contributed by atoms with E-state index in [9.17, 15) is 14.7 Å². The number of hydrogen-bond donors (Lipinski definition) is 3. The molecule has 3 N–H and O–H groups in total. The molecule has 1 aromatic carbocycles. The topological polar surface area (TPSA) is 97.8 Å². The summed E-state index contributed by atoms with van der Waals surface area (Å²) in [7, 11) is 0. The van der Waals surface area contributed by atoms with Gasteiger partial charge in [-0.05, 0) is 56.7 Å². The van der Waals surface area contributed by atoms with Crippen molar-refractivity contribution < 1.29 is 14.7 Å². The fourth-order valence-corrected chi connectivity index (χ4v) is 3.96. The zero-order valence-electron chi connectivity index (χ0n) is 25.6. The first-order valence-electron chi connectivity index (χ1n) is 14.5. The van der Waals surface area contributed by atoms with Crippen LogP contribution in [0, 0.1) is 5.92 Å². The maximum atomic E-state index is 10.9. The van der Waals surface area contributed by atoms with Gasteiger partial charge in [0.15, 0.2) is 0 Å². The Morgan fingerprint density at radius 1 is 0.950 bits per heavy atom. The van der Waals surface area contributed by atoms with Crippen LogP contribution in [0.15, 0.2) is 54.9 Å². The van der Waals surface area contributed by atoms with Crippen LogP contribution in [0.25, 0.3) is 0 Å². The molecule has 1 saturated heterocycles. The second-order valence-electron chi connectivity index (χ2n) is 11.8. The van der Waals surface area contributed by atoms with E-state index in [1.807, 2.05) is 63.4 Å². The number of hydrogen-bond acceptors (Lipinski definition) is 6. The molecule has 0 saturated carbocycles. The summed E-state index contributed by atoms with van der Waals surface area (Å²) in [5, 5.41) is 16.0. The Morgan fingerprint density at radius 3 is 2.02 bits per heavy atom. The Hall–Kier alpha value is -2.81. The van der Waals surface area contributed by atoms with Gasteiger partial charge in [0.25, 0.3) is 0 Å². The Bertz CT molecular complexity index is 898. The second-order valence-corrected chi connectivity index (χ2v) is 11.8. The number of β-amino-alcohol motifs (C(OH)–C–C–N with tert-alkyl or cyclic N) is 1. The standard InChI is InChI=1S/C22H30N4O2.C5H11NO.C5H12/c27-18-24-21(13-19-5-2-1-3-6-19)14-22(28)17-26-11-9-25(10-12-26)16-20-7-4-8-23-15-20;1-5(2,3)6-4-7;1-4-5(2)3/h1-8,15,18,21-22,28H,9-14,16-17H2,(H,24,27);4H,1-3H3,(H,6,7);5H,4H2,1-3H3. The molecule has 2 aromatic rings. The molecule has 3 rings (SSSR count). The van der Waals surface area contributed by atoms with Crippen LogP contribution in [0.1, 0.15) is 65.5 Å². The minimum Gasteiger partial charge on any atom is -0.392 e. The van der Waals surface area contributed by atoms with Crippen LogP contribution in [-0.2, 0) is 22.6 Å². The average Bonchev–Trinajstić information content (AvgIpc) is 2.91. The molecule has 1 aliphatic heterocycles. The molecule has 1 aromatic heterocycles. The van der Waals surface area contributed by atoms with Crippen LogP contribution >= 0.6 is 0 Å². The summed E-state index contributed by atoms with van der Waals surface area (Å²) in [6.07, 6.45) is 7.30. The number of pyridine rings is 1. The monoisotopic (exact) mass is 555 g/mol. The van der Waals surface area contributed by atoms with Crippen molar-refractivity contribution in [2.24, 2.45) is 5.92 Å². The Kier molecular flexibility index (Phi) is 17.7. The number of benzene rings is 1. The van der Waals surface area contributed by atoms with Crippen LogP contribution in [0.2, 0.25) is 0 Å². The molecule has 224 valence electrons. The van der Waals surface area contributed by atoms with Gasteiger partial charge < -0.3 is 15.7 Å². The quantitative estimate of drug-likeness (QED) is 0.344. The van der Waals surface area contributed by atoms with Crippen LogP contribution < -0.4 is 10.6 Å². The van der Waals surface area contributed by atoms with Gasteiger partial charge in [-0.2, -0.15) is 0 Å². The first-order valence-corrected chi connectivity index (χ1v) is 14.5. The summed E-state index contributed by atoms with van der Waals surface area (Å²) in [5.74, 6) is 0.884. The van der Waals surface area contributed by atoms with Crippen molar-refractivity contribution in [3.63, 3.8) is 0 Å². The molecule has 0 spiro atoms. The highest BCUT2D eigenvalue weighted by molar-refractivity contribution is 5.47. The number of nitrogens with one attached hydrogen (secondary N) is 2. The summed E-state index contributed by atoms with van der Waals surface area (Å²) in [5.41, 5.74) is 2.33. The van der Waals surface area contributed by atoms with E-state index in [0.29, 0.717) is 19.4 Å². The maximum absolute atomic E-state index is 10.9. The summed E-state index contributed by atoms with van der Waals surface area (Å²) >= 11 is 0. The molecule has 2 heterocycles. The number of aliphatic hydroxyl groups excluding tert-OH is 1. The molecule has 0 radical (unpaired) electrons. The third kappa shape index (κ3) is 17.7. The smallest absolute Gasteiger partial charge is 0.207 e. The Labute approximate surface area is 242 Å². The summed E-state index contributed by atoms with van der Waals surface area (Å²) in [6.45, 7) is 17.9. The number of carbonyl (C=O) groups is 2. The first kappa shape index (κ1) is 35.2. The van der Waals surface area contributed by atoms with Gasteiger partial charge in [-0.3, -0.25) is 24.4 Å². The van der Waals surface area contributed by atoms with Gasteiger partial charge in [0.05, 0.1) is 6.10 Å². The predicted octanol–water partition coefficient (Wildman–Crippen LogP) is 3.89. The van der Waals surface area contributed by atoms with E-state index in [4.69, 9.17) is 0 Å². The van der Waals surface area contributed by atoms with Gasteiger partial charge >= 0.3 is 0 Å². The molecule has 2 amide bonds. The number of piperazine rings is 1. The molecular weight excluding hydrogens is 502 g/mol. The van der Waals surface area contributed by atoms with Gasteiger partial charge in [-0.1, -0.05) is 63.6 Å². The summed E-state index contributed by atoms with van der Waals surface area (Å²) in [6, 6.07) is 14.1. The number of carbonyl (C=O) groups excluding carboxylic acids is 2. The van der Waals surface area contributed by atoms with Gasteiger partial charge in [0, 0.05) is 63.2 Å². The molecule has 0 aliphatic carbocycles. The van der Waals surface area contributed by atoms with Crippen LogP contribution in [0.5, 0.6) is 0 Å². The zero-order chi connectivity index (χ0) is 29.8. The van der Waals surface area contributed by atoms with E-state index < -0.39 is 6.10 Å². The highest BCUT2D eigenvalue weighted by Gasteiger charge is 2.21. The van der Waals surface area contributed by atoms with E-state index in [1.54, 1.807) is 6.20 Å². The minimum absolute atomic E-state index is 0.0539. The average molecular weight is 556 g/mol. The number of amides is 2. The lowest BCUT2D eigenvalue weighted by Gasteiger charge is -2.36. The molecule has 0 bridgehead atoms. The fourth-order valence-electron chi connectivity index (χ4n) is 3.96. The van der Waals surface area contributed by atoms with Gasteiger partial charge in [-0.25, -0.2) is 0 Å². The molecule has 8 heteroatoms. The van der Waals surface area contributed by atoms with Crippen LogP contribution in [-0.4, -0.2) is 83.1 Å². The predicted molar refractivity (Wildman–Crippen MR) is 164 cm³/mol. The van der Waals surface area contributed by atoms with Crippen molar-refractivity contribution >= 4 is 12.8 Å². The zero-order valence-corrected chi connectivity index (χ0v) is 25.6. The molecule has 40 heavy (non-hydrogen) atoms. The fraction of sp³-hybridized carbons (Fsp3) is 0.594. The number of aromatic nitrogens is 1.